The fourth-order valence-electron chi connectivity index (χ4n) is 3.52. The smallest absolute Gasteiger partial charge is 0.222 e. The highest BCUT2D eigenvalue weighted by Crippen LogP contribution is 2.17. The van der Waals surface area contributed by atoms with Crippen molar-refractivity contribution < 1.29 is 14.3 Å². The molecule has 6 heteroatoms. The summed E-state index contributed by atoms with van der Waals surface area (Å²) in [6, 6.07) is 9.63. The van der Waals surface area contributed by atoms with Gasteiger partial charge in [0.2, 0.25) is 11.8 Å². The summed E-state index contributed by atoms with van der Waals surface area (Å²) in [5, 5.41) is 5.97. The summed E-state index contributed by atoms with van der Waals surface area (Å²) in [5.41, 5.74) is 0.940. The van der Waals surface area contributed by atoms with Gasteiger partial charge in [-0.25, -0.2) is 0 Å². The Kier molecular flexibility index (Phi) is 8.75. The Morgan fingerprint density at radius 3 is 2.41 bits per heavy atom. The summed E-state index contributed by atoms with van der Waals surface area (Å²) >= 11 is 0. The molecular weight excluding hydrogens is 342 g/mol. The maximum Gasteiger partial charge on any atom is 0.222 e. The molecule has 0 saturated carbocycles. The Bertz CT molecular complexity index is 586. The summed E-state index contributed by atoms with van der Waals surface area (Å²) in [6.45, 7) is 9.83. The molecule has 2 amide bonds. The normalized spacial score (nSPS) is 17.3. The molecule has 2 N–H and O–H groups in total. The molecule has 1 fully saturated rings. The number of carbonyl (C=O) groups is 2. The second-order valence-corrected chi connectivity index (χ2v) is 7.60. The first-order valence-corrected chi connectivity index (χ1v) is 9.86. The predicted octanol–water partition coefficient (Wildman–Crippen LogP) is 2.12. The topological polar surface area (TPSA) is 70.7 Å². The van der Waals surface area contributed by atoms with Gasteiger partial charge >= 0.3 is 0 Å². The van der Waals surface area contributed by atoms with Crippen LogP contribution in [0.25, 0.3) is 0 Å². The van der Waals surface area contributed by atoms with Crippen molar-refractivity contribution in [2.24, 2.45) is 5.92 Å². The van der Waals surface area contributed by atoms with E-state index in [1.54, 1.807) is 0 Å². The van der Waals surface area contributed by atoms with Crippen LogP contribution in [0.15, 0.2) is 30.3 Å². The monoisotopic (exact) mass is 375 g/mol. The van der Waals surface area contributed by atoms with Gasteiger partial charge in [-0.15, -0.1) is 0 Å². The first kappa shape index (κ1) is 21.4. The third-order valence-electron chi connectivity index (χ3n) is 4.81. The number of ether oxygens (including phenoxy) is 1. The molecule has 0 aromatic heterocycles. The van der Waals surface area contributed by atoms with Crippen molar-refractivity contribution >= 4 is 11.8 Å². The maximum atomic E-state index is 12.6. The molecule has 2 unspecified atom stereocenters. The van der Waals surface area contributed by atoms with E-state index in [0.29, 0.717) is 18.5 Å². The highest BCUT2D eigenvalue weighted by Gasteiger charge is 2.23. The van der Waals surface area contributed by atoms with E-state index in [4.69, 9.17) is 4.74 Å². The van der Waals surface area contributed by atoms with Crippen LogP contribution in [0.3, 0.4) is 0 Å². The highest BCUT2D eigenvalue weighted by atomic mass is 16.5. The molecular formula is C21H33N3O3. The van der Waals surface area contributed by atoms with Crippen molar-refractivity contribution in [2.75, 3.05) is 32.8 Å². The van der Waals surface area contributed by atoms with Crippen molar-refractivity contribution in [3.05, 3.63) is 35.9 Å². The van der Waals surface area contributed by atoms with Crippen molar-refractivity contribution in [1.82, 2.24) is 15.5 Å². The van der Waals surface area contributed by atoms with E-state index in [0.717, 1.165) is 38.3 Å². The van der Waals surface area contributed by atoms with Crippen molar-refractivity contribution in [3.8, 4) is 0 Å². The lowest BCUT2D eigenvalue weighted by atomic mass is 10.0. The van der Waals surface area contributed by atoms with E-state index in [2.05, 4.69) is 29.4 Å². The molecule has 0 radical (unpaired) electrons. The van der Waals surface area contributed by atoms with Gasteiger partial charge in [-0.1, -0.05) is 44.2 Å². The fraction of sp³-hybridized carbons (Fsp3) is 0.619. The molecule has 0 spiro atoms. The molecule has 0 bridgehead atoms. The average molecular weight is 376 g/mol. The zero-order valence-corrected chi connectivity index (χ0v) is 16.7. The van der Waals surface area contributed by atoms with E-state index in [9.17, 15) is 9.59 Å². The van der Waals surface area contributed by atoms with Gasteiger partial charge in [-0.05, 0) is 17.9 Å². The van der Waals surface area contributed by atoms with Crippen LogP contribution in [-0.2, 0) is 14.3 Å². The number of morpholine rings is 1. The molecule has 2 atom stereocenters. The Morgan fingerprint density at radius 2 is 1.81 bits per heavy atom. The Hall–Kier alpha value is -1.92. The van der Waals surface area contributed by atoms with Gasteiger partial charge in [0.25, 0.3) is 0 Å². The first-order valence-electron chi connectivity index (χ1n) is 9.86. The van der Waals surface area contributed by atoms with Gasteiger partial charge in [0.1, 0.15) is 0 Å². The van der Waals surface area contributed by atoms with Crippen LogP contribution in [0.5, 0.6) is 0 Å². The zero-order chi connectivity index (χ0) is 19.6. The fourth-order valence-corrected chi connectivity index (χ4v) is 3.52. The minimum absolute atomic E-state index is 0.0420. The zero-order valence-electron chi connectivity index (χ0n) is 16.7. The second-order valence-electron chi connectivity index (χ2n) is 7.60. The summed E-state index contributed by atoms with van der Waals surface area (Å²) in [7, 11) is 0. The number of rotatable bonds is 9. The molecule has 1 heterocycles. The van der Waals surface area contributed by atoms with Gasteiger partial charge in [-0.3, -0.25) is 14.5 Å². The van der Waals surface area contributed by atoms with E-state index >= 15 is 0 Å². The Balaban J connectivity index is 1.93. The second kappa shape index (κ2) is 11.0. The molecule has 1 aromatic rings. The first-order chi connectivity index (χ1) is 13.0. The Labute approximate surface area is 162 Å². The van der Waals surface area contributed by atoms with Crippen molar-refractivity contribution in [2.45, 2.75) is 45.7 Å². The molecule has 1 aliphatic heterocycles. The number of amides is 2. The van der Waals surface area contributed by atoms with Gasteiger partial charge in [-0.2, -0.15) is 0 Å². The average Bonchev–Trinajstić information content (AvgIpc) is 2.65. The standard InChI is InChI=1S/C21H33N3O3/c1-16(2)13-19(24-9-11-27-12-10-24)15-22-21(26)14-20(23-17(3)25)18-7-5-4-6-8-18/h4-8,16,19-20H,9-15H2,1-3H3,(H,22,26)(H,23,25). The molecule has 0 aliphatic carbocycles. The van der Waals surface area contributed by atoms with Crippen LogP contribution in [0.4, 0.5) is 0 Å². The lowest BCUT2D eigenvalue weighted by Crippen LogP contribution is -2.49. The van der Waals surface area contributed by atoms with E-state index in [1.165, 1.54) is 6.92 Å². The van der Waals surface area contributed by atoms with Gasteiger partial charge in [0.15, 0.2) is 0 Å². The lowest BCUT2D eigenvalue weighted by Gasteiger charge is -2.35. The number of carbonyl (C=O) groups excluding carboxylic acids is 2. The van der Waals surface area contributed by atoms with Gasteiger partial charge < -0.3 is 15.4 Å². The highest BCUT2D eigenvalue weighted by molar-refractivity contribution is 5.79. The van der Waals surface area contributed by atoms with Crippen LogP contribution in [-0.4, -0.2) is 55.6 Å². The van der Waals surface area contributed by atoms with Crippen molar-refractivity contribution in [1.29, 1.82) is 0 Å². The molecule has 6 nitrogen and oxygen atoms in total. The molecule has 1 aromatic carbocycles. The number of hydrogen-bond donors (Lipinski definition) is 2. The summed E-state index contributed by atoms with van der Waals surface area (Å²) in [5.74, 6) is 0.383. The van der Waals surface area contributed by atoms with Crippen molar-refractivity contribution in [3.63, 3.8) is 0 Å². The minimum Gasteiger partial charge on any atom is -0.379 e. The molecule has 1 saturated heterocycles. The van der Waals surface area contributed by atoms with E-state index in [-0.39, 0.29) is 24.3 Å². The Morgan fingerprint density at radius 1 is 1.15 bits per heavy atom. The summed E-state index contributed by atoms with van der Waals surface area (Å²) in [6.07, 6.45) is 1.27. The minimum atomic E-state index is -0.310. The maximum absolute atomic E-state index is 12.6. The quantitative estimate of drug-likeness (QED) is 0.694. The lowest BCUT2D eigenvalue weighted by molar-refractivity contribution is -0.123. The van der Waals surface area contributed by atoms with E-state index < -0.39 is 0 Å². The number of benzene rings is 1. The number of nitrogens with one attached hydrogen (secondary N) is 2. The largest absolute Gasteiger partial charge is 0.379 e. The number of nitrogens with zero attached hydrogens (tertiary/aromatic N) is 1. The van der Waals surface area contributed by atoms with Gasteiger partial charge in [0, 0.05) is 32.6 Å². The predicted molar refractivity (Wildman–Crippen MR) is 106 cm³/mol. The third-order valence-corrected chi connectivity index (χ3v) is 4.81. The van der Waals surface area contributed by atoms with Crippen LogP contribution in [0, 0.1) is 5.92 Å². The summed E-state index contributed by atoms with van der Waals surface area (Å²) in [4.78, 5) is 26.5. The van der Waals surface area contributed by atoms with Crippen LogP contribution in [0.2, 0.25) is 0 Å². The summed E-state index contributed by atoms with van der Waals surface area (Å²) < 4.78 is 5.45. The molecule has 2 rings (SSSR count). The van der Waals surface area contributed by atoms with Crippen LogP contribution < -0.4 is 10.6 Å². The molecule has 1 aliphatic rings. The van der Waals surface area contributed by atoms with E-state index in [1.807, 2.05) is 30.3 Å². The third kappa shape index (κ3) is 7.69. The van der Waals surface area contributed by atoms with Crippen LogP contribution in [0.1, 0.15) is 45.2 Å². The molecule has 27 heavy (non-hydrogen) atoms. The SMILES string of the molecule is CC(=O)NC(CC(=O)NCC(CC(C)C)N1CCOCC1)c1ccccc1. The molecule has 150 valence electrons. The van der Waals surface area contributed by atoms with Gasteiger partial charge in [0.05, 0.1) is 25.7 Å². The number of hydrogen-bond acceptors (Lipinski definition) is 4. The van der Waals surface area contributed by atoms with Crippen LogP contribution >= 0.6 is 0 Å².